The third-order valence-electron chi connectivity index (χ3n) is 3.07. The highest BCUT2D eigenvalue weighted by Crippen LogP contribution is 2.19. The van der Waals surface area contributed by atoms with E-state index in [1.807, 2.05) is 0 Å². The zero-order chi connectivity index (χ0) is 14.4. The van der Waals surface area contributed by atoms with Crippen LogP contribution in [0.5, 0.6) is 0 Å². The minimum Gasteiger partial charge on any atom is -0.384 e. The van der Waals surface area contributed by atoms with Gasteiger partial charge in [-0.05, 0) is 31.0 Å². The van der Waals surface area contributed by atoms with Gasteiger partial charge in [0.2, 0.25) is 5.91 Å². The van der Waals surface area contributed by atoms with E-state index in [1.54, 1.807) is 6.07 Å². The normalized spacial score (nSPS) is 18.0. The van der Waals surface area contributed by atoms with Crippen molar-refractivity contribution in [2.24, 2.45) is 5.92 Å². The van der Waals surface area contributed by atoms with Crippen molar-refractivity contribution in [1.82, 2.24) is 0 Å². The fourth-order valence-electron chi connectivity index (χ4n) is 2.02. The van der Waals surface area contributed by atoms with Crippen molar-refractivity contribution in [2.45, 2.75) is 12.8 Å². The topological polar surface area (TPSA) is 58.6 Å². The molecule has 0 aromatic heterocycles. The number of aliphatic hydroxyl groups excluding tert-OH is 1. The van der Waals surface area contributed by atoms with Crippen LogP contribution in [0.25, 0.3) is 0 Å². The largest absolute Gasteiger partial charge is 0.384 e. The molecule has 4 nitrogen and oxygen atoms in total. The van der Waals surface area contributed by atoms with Crippen LogP contribution in [-0.4, -0.2) is 30.8 Å². The highest BCUT2D eigenvalue weighted by atomic mass is 19.1. The molecule has 0 saturated carbocycles. The Kier molecular flexibility index (Phi) is 5.10. The molecule has 1 amide bonds. The number of carbonyl (C=O) groups excluding carboxylic acids is 1. The number of anilines is 1. The molecular formula is C15H16FNO3. The zero-order valence-corrected chi connectivity index (χ0v) is 11.0. The van der Waals surface area contributed by atoms with Crippen LogP contribution in [-0.2, 0) is 9.53 Å². The molecule has 106 valence electrons. The number of nitrogens with one attached hydrogen (secondary N) is 1. The molecule has 0 bridgehead atoms. The van der Waals surface area contributed by atoms with Crippen molar-refractivity contribution in [3.05, 3.63) is 29.6 Å². The summed E-state index contributed by atoms with van der Waals surface area (Å²) in [6.45, 7) is 0.783. The number of hydrogen-bond donors (Lipinski definition) is 2. The molecule has 1 aromatic rings. The summed E-state index contributed by atoms with van der Waals surface area (Å²) < 4.78 is 19.1. The van der Waals surface area contributed by atoms with Crippen LogP contribution in [0, 0.1) is 23.6 Å². The van der Waals surface area contributed by atoms with Crippen LogP contribution in [0.4, 0.5) is 10.1 Å². The summed E-state index contributed by atoms with van der Waals surface area (Å²) in [5.74, 6) is 4.05. The van der Waals surface area contributed by atoms with E-state index >= 15 is 0 Å². The fourth-order valence-corrected chi connectivity index (χ4v) is 2.02. The monoisotopic (exact) mass is 277 g/mol. The van der Waals surface area contributed by atoms with Gasteiger partial charge in [-0.15, -0.1) is 0 Å². The van der Waals surface area contributed by atoms with E-state index in [9.17, 15) is 9.18 Å². The Morgan fingerprint density at radius 1 is 1.55 bits per heavy atom. The Labute approximate surface area is 116 Å². The molecule has 0 radical (unpaired) electrons. The van der Waals surface area contributed by atoms with Crippen LogP contribution >= 0.6 is 0 Å². The number of aliphatic hydroxyl groups is 1. The fraction of sp³-hybridized carbons (Fsp3) is 0.400. The molecular weight excluding hydrogens is 261 g/mol. The van der Waals surface area contributed by atoms with Gasteiger partial charge in [0.1, 0.15) is 12.4 Å². The maximum atomic E-state index is 13.8. The van der Waals surface area contributed by atoms with Crippen molar-refractivity contribution in [2.75, 3.05) is 25.1 Å². The summed E-state index contributed by atoms with van der Waals surface area (Å²) in [5, 5.41) is 11.2. The third kappa shape index (κ3) is 3.80. The summed E-state index contributed by atoms with van der Waals surface area (Å²) in [7, 11) is 0. The molecule has 0 spiro atoms. The molecule has 1 unspecified atom stereocenters. The van der Waals surface area contributed by atoms with Crippen LogP contribution < -0.4 is 5.32 Å². The van der Waals surface area contributed by atoms with Gasteiger partial charge in [-0.1, -0.05) is 11.8 Å². The standard InChI is InChI=1S/C15H16FNO3/c16-13-9-11(3-1-7-18)5-6-14(13)17-15(19)12-4-2-8-20-10-12/h5-6,9,12,18H,2,4,7-8,10H2,(H,17,19). The number of rotatable bonds is 2. The first-order valence-electron chi connectivity index (χ1n) is 6.48. The van der Waals surface area contributed by atoms with E-state index in [2.05, 4.69) is 17.2 Å². The average Bonchev–Trinajstić information content (AvgIpc) is 2.48. The number of hydrogen-bond acceptors (Lipinski definition) is 3. The van der Waals surface area contributed by atoms with Crippen molar-refractivity contribution in [3.63, 3.8) is 0 Å². The molecule has 1 aliphatic heterocycles. The molecule has 1 fully saturated rings. The highest BCUT2D eigenvalue weighted by Gasteiger charge is 2.22. The number of benzene rings is 1. The molecule has 2 N–H and O–H groups in total. The summed E-state index contributed by atoms with van der Waals surface area (Å²) >= 11 is 0. The van der Waals surface area contributed by atoms with E-state index in [1.165, 1.54) is 12.1 Å². The predicted molar refractivity (Wildman–Crippen MR) is 72.5 cm³/mol. The Hall–Kier alpha value is -1.90. The third-order valence-corrected chi connectivity index (χ3v) is 3.07. The van der Waals surface area contributed by atoms with Crippen molar-refractivity contribution < 1.29 is 19.0 Å². The number of amides is 1. The predicted octanol–water partition coefficient (Wildman–Crippen LogP) is 1.53. The maximum Gasteiger partial charge on any atom is 0.229 e. The molecule has 1 heterocycles. The quantitative estimate of drug-likeness (QED) is 0.806. The van der Waals surface area contributed by atoms with Gasteiger partial charge in [0.05, 0.1) is 18.2 Å². The molecule has 1 saturated heterocycles. The van der Waals surface area contributed by atoms with Crippen molar-refractivity contribution in [1.29, 1.82) is 0 Å². The lowest BCUT2D eigenvalue weighted by Gasteiger charge is -2.21. The van der Waals surface area contributed by atoms with Crippen molar-refractivity contribution in [3.8, 4) is 11.8 Å². The van der Waals surface area contributed by atoms with Gasteiger partial charge >= 0.3 is 0 Å². The van der Waals surface area contributed by atoms with E-state index in [4.69, 9.17) is 9.84 Å². The van der Waals surface area contributed by atoms with Gasteiger partial charge in [-0.2, -0.15) is 0 Å². The summed E-state index contributed by atoms with van der Waals surface area (Å²) in [5.41, 5.74) is 0.589. The first kappa shape index (κ1) is 14.5. The van der Waals surface area contributed by atoms with E-state index in [0.717, 1.165) is 12.8 Å². The zero-order valence-electron chi connectivity index (χ0n) is 11.0. The Bertz CT molecular complexity index is 542. The van der Waals surface area contributed by atoms with Crippen LogP contribution in [0.2, 0.25) is 0 Å². The smallest absolute Gasteiger partial charge is 0.229 e. The lowest BCUT2D eigenvalue weighted by atomic mass is 10.0. The van der Waals surface area contributed by atoms with Gasteiger partial charge < -0.3 is 15.2 Å². The first-order chi connectivity index (χ1) is 9.70. The minimum absolute atomic E-state index is 0.134. The van der Waals surface area contributed by atoms with Crippen molar-refractivity contribution >= 4 is 11.6 Å². The van der Waals surface area contributed by atoms with Gasteiger partial charge in [-0.3, -0.25) is 4.79 Å². The lowest BCUT2D eigenvalue weighted by molar-refractivity contribution is -0.123. The molecule has 2 rings (SSSR count). The van der Waals surface area contributed by atoms with E-state index in [0.29, 0.717) is 18.8 Å². The molecule has 20 heavy (non-hydrogen) atoms. The first-order valence-corrected chi connectivity index (χ1v) is 6.48. The van der Waals surface area contributed by atoms with Gasteiger partial charge in [0.25, 0.3) is 0 Å². The number of carbonyl (C=O) groups is 1. The van der Waals surface area contributed by atoms with Crippen LogP contribution in [0.15, 0.2) is 18.2 Å². The molecule has 5 heteroatoms. The van der Waals surface area contributed by atoms with Crippen LogP contribution in [0.1, 0.15) is 18.4 Å². The Morgan fingerprint density at radius 3 is 3.05 bits per heavy atom. The second-order valence-electron chi connectivity index (χ2n) is 4.56. The number of halogens is 1. The summed E-state index contributed by atoms with van der Waals surface area (Å²) in [6.07, 6.45) is 1.60. The number of ether oxygens (including phenoxy) is 1. The Morgan fingerprint density at radius 2 is 2.40 bits per heavy atom. The highest BCUT2D eigenvalue weighted by molar-refractivity contribution is 5.92. The molecule has 1 aromatic carbocycles. The summed E-state index contributed by atoms with van der Waals surface area (Å²) in [4.78, 5) is 12.0. The molecule has 1 atom stereocenters. The minimum atomic E-state index is -0.542. The molecule has 0 aliphatic carbocycles. The van der Waals surface area contributed by atoms with Gasteiger partial charge in [0.15, 0.2) is 0 Å². The van der Waals surface area contributed by atoms with Gasteiger partial charge in [0, 0.05) is 12.2 Å². The second-order valence-corrected chi connectivity index (χ2v) is 4.56. The van der Waals surface area contributed by atoms with Gasteiger partial charge in [-0.25, -0.2) is 4.39 Å². The van der Waals surface area contributed by atoms with E-state index in [-0.39, 0.29) is 24.1 Å². The van der Waals surface area contributed by atoms with E-state index < -0.39 is 5.82 Å². The Balaban J connectivity index is 2.03. The molecule has 1 aliphatic rings. The second kappa shape index (κ2) is 7.04. The van der Waals surface area contributed by atoms with Crippen LogP contribution in [0.3, 0.4) is 0 Å². The maximum absolute atomic E-state index is 13.8. The lowest BCUT2D eigenvalue weighted by Crippen LogP contribution is -2.30. The average molecular weight is 277 g/mol. The SMILES string of the molecule is O=C(Nc1ccc(C#CCO)cc1F)C1CCCOC1. The summed E-state index contributed by atoms with van der Waals surface area (Å²) in [6, 6.07) is 4.30.